The van der Waals surface area contributed by atoms with Gasteiger partial charge in [-0.3, -0.25) is 4.79 Å². The summed E-state index contributed by atoms with van der Waals surface area (Å²) in [6, 6.07) is 0. The monoisotopic (exact) mass is 213 g/mol. The molecule has 0 N–H and O–H groups in total. The molecule has 2 nitrogen and oxygen atoms in total. The van der Waals surface area contributed by atoms with Crippen LogP contribution in [0.4, 0.5) is 0 Å². The quantitative estimate of drug-likeness (QED) is 0.536. The molecule has 0 fully saturated rings. The molecule has 1 amide bonds. The molecule has 0 bridgehead atoms. The Morgan fingerprint density at radius 3 is 2.13 bits per heavy atom. The van der Waals surface area contributed by atoms with Gasteiger partial charge in [-0.05, 0) is 12.8 Å². The van der Waals surface area contributed by atoms with Crippen molar-refractivity contribution in [1.82, 2.24) is 4.90 Å². The van der Waals surface area contributed by atoms with Crippen LogP contribution in [-0.2, 0) is 4.79 Å². The van der Waals surface area contributed by atoms with E-state index < -0.39 is 0 Å². The summed E-state index contributed by atoms with van der Waals surface area (Å²) in [7, 11) is 1.92. The van der Waals surface area contributed by atoms with Crippen LogP contribution in [0.2, 0.25) is 0 Å². The number of carbonyl (C=O) groups is 1. The summed E-state index contributed by atoms with van der Waals surface area (Å²) in [5.41, 5.74) is 0. The lowest BCUT2D eigenvalue weighted by molar-refractivity contribution is -0.129. The van der Waals surface area contributed by atoms with Gasteiger partial charge in [-0.15, -0.1) is 0 Å². The number of hydrogen-bond donors (Lipinski definition) is 0. The van der Waals surface area contributed by atoms with Crippen LogP contribution < -0.4 is 0 Å². The van der Waals surface area contributed by atoms with Gasteiger partial charge in [-0.25, -0.2) is 0 Å². The number of nitrogens with zero attached hydrogens (tertiary/aromatic N) is 1. The van der Waals surface area contributed by atoms with Crippen molar-refractivity contribution in [2.75, 3.05) is 13.6 Å². The van der Waals surface area contributed by atoms with Crippen molar-refractivity contribution >= 4 is 5.91 Å². The van der Waals surface area contributed by atoms with E-state index in [-0.39, 0.29) is 0 Å². The first-order valence-corrected chi connectivity index (χ1v) is 6.46. The minimum absolute atomic E-state index is 0.297. The summed E-state index contributed by atoms with van der Waals surface area (Å²) in [5.74, 6) is 0.297. The predicted molar refractivity (Wildman–Crippen MR) is 65.9 cm³/mol. The zero-order chi connectivity index (χ0) is 11.5. The Labute approximate surface area is 95.0 Å². The summed E-state index contributed by atoms with van der Waals surface area (Å²) < 4.78 is 0. The maximum Gasteiger partial charge on any atom is 0.222 e. The van der Waals surface area contributed by atoms with Gasteiger partial charge in [0, 0.05) is 20.0 Å². The summed E-state index contributed by atoms with van der Waals surface area (Å²) in [4.78, 5) is 13.3. The summed E-state index contributed by atoms with van der Waals surface area (Å²) in [6.07, 6.45) is 9.41. The Hall–Kier alpha value is -0.530. The highest BCUT2D eigenvalue weighted by atomic mass is 16.2. The molecular formula is C13H27NO. The lowest BCUT2D eigenvalue weighted by atomic mass is 10.1. The van der Waals surface area contributed by atoms with Crippen molar-refractivity contribution < 1.29 is 4.79 Å². The lowest BCUT2D eigenvalue weighted by Crippen LogP contribution is -2.27. The summed E-state index contributed by atoms with van der Waals surface area (Å²) in [6.45, 7) is 5.22. The number of unbranched alkanes of at least 4 members (excludes halogenated alkanes) is 5. The highest BCUT2D eigenvalue weighted by molar-refractivity contribution is 5.75. The average Bonchev–Trinajstić information content (AvgIpc) is 2.23. The van der Waals surface area contributed by atoms with Gasteiger partial charge >= 0.3 is 0 Å². The van der Waals surface area contributed by atoms with Crippen LogP contribution in [0.15, 0.2) is 0 Å². The number of amides is 1. The highest BCUT2D eigenvalue weighted by Gasteiger charge is 2.05. The largest absolute Gasteiger partial charge is 0.346 e. The Balaban J connectivity index is 3.30. The van der Waals surface area contributed by atoms with Gasteiger partial charge in [-0.2, -0.15) is 0 Å². The number of rotatable bonds is 9. The highest BCUT2D eigenvalue weighted by Crippen LogP contribution is 2.06. The minimum atomic E-state index is 0.297. The van der Waals surface area contributed by atoms with E-state index in [1.165, 1.54) is 32.1 Å². The van der Waals surface area contributed by atoms with E-state index in [0.29, 0.717) is 12.3 Å². The second-order valence-electron chi connectivity index (χ2n) is 4.33. The van der Waals surface area contributed by atoms with E-state index in [1.807, 2.05) is 11.9 Å². The third-order valence-electron chi connectivity index (χ3n) is 2.74. The Bertz CT molecular complexity index is 157. The van der Waals surface area contributed by atoms with E-state index >= 15 is 0 Å². The smallest absolute Gasteiger partial charge is 0.222 e. The van der Waals surface area contributed by atoms with Crippen molar-refractivity contribution in [3.63, 3.8) is 0 Å². The molecule has 0 saturated heterocycles. The molecule has 0 aromatic carbocycles. The minimum Gasteiger partial charge on any atom is -0.346 e. The molecule has 0 saturated carbocycles. The molecule has 0 atom stereocenters. The third-order valence-corrected chi connectivity index (χ3v) is 2.74. The van der Waals surface area contributed by atoms with Gasteiger partial charge in [0.25, 0.3) is 0 Å². The normalized spacial score (nSPS) is 10.3. The van der Waals surface area contributed by atoms with Gasteiger partial charge in [0.05, 0.1) is 0 Å². The van der Waals surface area contributed by atoms with Crippen molar-refractivity contribution in [2.45, 2.75) is 65.2 Å². The van der Waals surface area contributed by atoms with Gasteiger partial charge in [0.1, 0.15) is 0 Å². The predicted octanol–water partition coefficient (Wildman–Crippen LogP) is 3.61. The second-order valence-corrected chi connectivity index (χ2v) is 4.33. The number of hydrogen-bond acceptors (Lipinski definition) is 1. The fourth-order valence-electron chi connectivity index (χ4n) is 1.66. The van der Waals surface area contributed by atoms with Crippen LogP contribution in [0.3, 0.4) is 0 Å². The van der Waals surface area contributed by atoms with Gasteiger partial charge in [0.2, 0.25) is 5.91 Å². The first-order chi connectivity index (χ1) is 7.22. The zero-order valence-corrected chi connectivity index (χ0v) is 10.7. The summed E-state index contributed by atoms with van der Waals surface area (Å²) in [5, 5.41) is 0. The fraction of sp³-hybridized carbons (Fsp3) is 0.923. The lowest BCUT2D eigenvalue weighted by Gasteiger charge is -2.16. The molecule has 0 aliphatic heterocycles. The van der Waals surface area contributed by atoms with Crippen molar-refractivity contribution in [3.05, 3.63) is 0 Å². The molecule has 0 unspecified atom stereocenters. The van der Waals surface area contributed by atoms with Crippen LogP contribution in [-0.4, -0.2) is 24.4 Å². The molecule has 0 spiro atoms. The van der Waals surface area contributed by atoms with Crippen molar-refractivity contribution in [1.29, 1.82) is 0 Å². The molecule has 15 heavy (non-hydrogen) atoms. The van der Waals surface area contributed by atoms with Crippen LogP contribution in [0.25, 0.3) is 0 Å². The van der Waals surface area contributed by atoms with E-state index in [9.17, 15) is 4.79 Å². The SMILES string of the molecule is CCCCCCCCN(C)C(=O)CCC. The van der Waals surface area contributed by atoms with Gasteiger partial charge < -0.3 is 4.90 Å². The van der Waals surface area contributed by atoms with E-state index in [4.69, 9.17) is 0 Å². The Morgan fingerprint density at radius 1 is 0.933 bits per heavy atom. The first kappa shape index (κ1) is 14.5. The standard InChI is InChI=1S/C13H27NO/c1-4-6-7-8-9-10-12-14(3)13(15)11-5-2/h4-12H2,1-3H3. The molecule has 2 heteroatoms. The zero-order valence-electron chi connectivity index (χ0n) is 10.7. The second kappa shape index (κ2) is 10.0. The molecule has 0 aliphatic carbocycles. The van der Waals surface area contributed by atoms with Crippen molar-refractivity contribution in [3.8, 4) is 0 Å². The first-order valence-electron chi connectivity index (χ1n) is 6.46. The van der Waals surface area contributed by atoms with Crippen LogP contribution in [0.5, 0.6) is 0 Å². The fourth-order valence-corrected chi connectivity index (χ4v) is 1.66. The van der Waals surface area contributed by atoms with Crippen LogP contribution >= 0.6 is 0 Å². The molecule has 0 aromatic rings. The topological polar surface area (TPSA) is 20.3 Å². The van der Waals surface area contributed by atoms with Crippen LogP contribution in [0, 0.1) is 0 Å². The number of carbonyl (C=O) groups excluding carboxylic acids is 1. The van der Waals surface area contributed by atoms with Gasteiger partial charge in [0.15, 0.2) is 0 Å². The molecular weight excluding hydrogens is 186 g/mol. The van der Waals surface area contributed by atoms with Crippen molar-refractivity contribution in [2.24, 2.45) is 0 Å². The van der Waals surface area contributed by atoms with E-state index in [0.717, 1.165) is 19.4 Å². The van der Waals surface area contributed by atoms with Gasteiger partial charge in [-0.1, -0.05) is 46.0 Å². The molecule has 0 radical (unpaired) electrons. The molecule has 0 heterocycles. The summed E-state index contributed by atoms with van der Waals surface area (Å²) >= 11 is 0. The maximum atomic E-state index is 11.4. The van der Waals surface area contributed by atoms with Crippen LogP contribution in [0.1, 0.15) is 65.2 Å². The third kappa shape index (κ3) is 8.46. The Kier molecular flexibility index (Phi) is 9.65. The van der Waals surface area contributed by atoms with E-state index in [1.54, 1.807) is 0 Å². The molecule has 90 valence electrons. The average molecular weight is 213 g/mol. The molecule has 0 aliphatic rings. The maximum absolute atomic E-state index is 11.4. The molecule has 0 aromatic heterocycles. The Morgan fingerprint density at radius 2 is 1.53 bits per heavy atom. The molecule has 0 rings (SSSR count). The van der Waals surface area contributed by atoms with E-state index in [2.05, 4.69) is 13.8 Å².